The van der Waals surface area contributed by atoms with Crippen LogP contribution in [0.4, 0.5) is 5.69 Å². The van der Waals surface area contributed by atoms with Crippen LogP contribution in [0.25, 0.3) is 6.08 Å². The Bertz CT molecular complexity index is 973. The van der Waals surface area contributed by atoms with E-state index in [0.29, 0.717) is 14.9 Å². The van der Waals surface area contributed by atoms with E-state index in [2.05, 4.69) is 0 Å². The summed E-state index contributed by atoms with van der Waals surface area (Å²) < 4.78 is 0.295. The van der Waals surface area contributed by atoms with E-state index in [1.54, 1.807) is 30.3 Å². The van der Waals surface area contributed by atoms with Crippen molar-refractivity contribution in [2.24, 2.45) is 0 Å². The lowest BCUT2D eigenvalue weighted by Gasteiger charge is -2.21. The normalized spacial score (nSPS) is 21.6. The molecule has 134 valence electrons. The molecule has 0 radical (unpaired) electrons. The number of para-hydroxylation sites is 1. The summed E-state index contributed by atoms with van der Waals surface area (Å²) >= 11 is 6.49. The highest BCUT2D eigenvalue weighted by molar-refractivity contribution is 8.26. The van der Waals surface area contributed by atoms with Crippen molar-refractivity contribution in [3.8, 4) is 0 Å². The Hall–Kier alpha value is -2.77. The number of carbonyl (C=O) groups excluding carboxylic acids is 3. The van der Waals surface area contributed by atoms with Crippen LogP contribution in [0.1, 0.15) is 12.0 Å². The molecule has 4 rings (SSSR count). The van der Waals surface area contributed by atoms with E-state index < -0.39 is 11.9 Å². The van der Waals surface area contributed by atoms with E-state index in [1.807, 2.05) is 36.4 Å². The molecule has 0 aromatic heterocycles. The van der Waals surface area contributed by atoms with Crippen LogP contribution in [0.2, 0.25) is 0 Å². The number of anilines is 1. The summed E-state index contributed by atoms with van der Waals surface area (Å²) in [5, 5.41) is 0. The third-order valence-electron chi connectivity index (χ3n) is 4.37. The number of thiocarbonyl (C=S) groups is 1. The maximum absolute atomic E-state index is 12.9. The summed E-state index contributed by atoms with van der Waals surface area (Å²) in [5.74, 6) is -1.10. The van der Waals surface area contributed by atoms with Crippen molar-refractivity contribution in [2.45, 2.75) is 12.5 Å². The molecular weight excluding hydrogens is 380 g/mol. The molecule has 7 heteroatoms. The predicted molar refractivity (Wildman–Crippen MR) is 109 cm³/mol. The quantitative estimate of drug-likeness (QED) is 0.455. The first-order valence-electron chi connectivity index (χ1n) is 8.30. The van der Waals surface area contributed by atoms with Gasteiger partial charge in [0.15, 0.2) is 0 Å². The molecule has 0 aliphatic carbocycles. The number of rotatable bonds is 3. The summed E-state index contributed by atoms with van der Waals surface area (Å²) in [6, 6.07) is 17.2. The van der Waals surface area contributed by atoms with Gasteiger partial charge in [-0.05, 0) is 23.8 Å². The number of benzene rings is 2. The van der Waals surface area contributed by atoms with Gasteiger partial charge in [-0.2, -0.15) is 0 Å². The molecule has 5 nitrogen and oxygen atoms in total. The Kier molecular flexibility index (Phi) is 4.63. The van der Waals surface area contributed by atoms with Crippen molar-refractivity contribution in [2.75, 3.05) is 4.90 Å². The SMILES string of the molecule is O=C1C[C@H](N2C(=O)/C(=C/c3ccccc3)SC2=S)C(=O)N1c1ccccc1. The largest absolute Gasteiger partial charge is 0.280 e. The maximum atomic E-state index is 12.9. The van der Waals surface area contributed by atoms with Crippen LogP contribution in [0.15, 0.2) is 65.6 Å². The van der Waals surface area contributed by atoms with Crippen molar-refractivity contribution in [3.63, 3.8) is 0 Å². The number of imide groups is 1. The van der Waals surface area contributed by atoms with Crippen molar-refractivity contribution in [3.05, 3.63) is 71.1 Å². The van der Waals surface area contributed by atoms with Crippen molar-refractivity contribution in [1.29, 1.82) is 0 Å². The number of amides is 3. The Morgan fingerprint density at radius 2 is 1.59 bits per heavy atom. The van der Waals surface area contributed by atoms with Crippen LogP contribution in [0.3, 0.4) is 0 Å². The molecule has 2 aliphatic rings. The van der Waals surface area contributed by atoms with Crippen LogP contribution >= 0.6 is 24.0 Å². The minimum absolute atomic E-state index is 0.0707. The van der Waals surface area contributed by atoms with Gasteiger partial charge in [0, 0.05) is 0 Å². The Morgan fingerprint density at radius 3 is 2.26 bits per heavy atom. The third kappa shape index (κ3) is 3.20. The molecule has 3 amide bonds. The van der Waals surface area contributed by atoms with E-state index in [0.717, 1.165) is 22.2 Å². The van der Waals surface area contributed by atoms with Crippen LogP contribution < -0.4 is 4.90 Å². The fourth-order valence-electron chi connectivity index (χ4n) is 3.12. The van der Waals surface area contributed by atoms with Crippen molar-refractivity contribution >= 4 is 57.8 Å². The summed E-state index contributed by atoms with van der Waals surface area (Å²) in [6.07, 6.45) is 1.67. The Labute approximate surface area is 165 Å². The number of nitrogens with zero attached hydrogens (tertiary/aromatic N) is 2. The molecular formula is C20H14N2O3S2. The summed E-state index contributed by atoms with van der Waals surface area (Å²) in [4.78, 5) is 41.0. The molecule has 0 unspecified atom stereocenters. The molecule has 2 aromatic carbocycles. The van der Waals surface area contributed by atoms with E-state index >= 15 is 0 Å². The first-order valence-corrected chi connectivity index (χ1v) is 9.52. The smallest absolute Gasteiger partial charge is 0.266 e. The summed E-state index contributed by atoms with van der Waals surface area (Å²) in [7, 11) is 0. The second kappa shape index (κ2) is 7.09. The molecule has 2 aliphatic heterocycles. The number of carbonyl (C=O) groups is 3. The molecule has 0 spiro atoms. The molecule has 2 fully saturated rings. The van der Waals surface area contributed by atoms with Crippen LogP contribution in [0, 0.1) is 0 Å². The van der Waals surface area contributed by atoms with Gasteiger partial charge in [0.05, 0.1) is 17.0 Å². The lowest BCUT2D eigenvalue weighted by atomic mass is 10.2. The van der Waals surface area contributed by atoms with Gasteiger partial charge in [-0.1, -0.05) is 72.5 Å². The monoisotopic (exact) mass is 394 g/mol. The average Bonchev–Trinajstić information content (AvgIpc) is 3.11. The highest BCUT2D eigenvalue weighted by atomic mass is 32.2. The standard InChI is InChI=1S/C20H14N2O3S2/c23-17-12-15(18(24)21(17)14-9-5-2-6-10-14)22-19(25)16(27-20(22)26)11-13-7-3-1-4-8-13/h1-11,15H,12H2/b16-11-/t15-/m0/s1. The molecule has 0 N–H and O–H groups in total. The second-order valence-electron chi connectivity index (χ2n) is 6.09. The number of thioether (sulfide) groups is 1. The van der Waals surface area contributed by atoms with Crippen LogP contribution in [-0.4, -0.2) is 33.0 Å². The Morgan fingerprint density at radius 1 is 0.963 bits per heavy atom. The van der Waals surface area contributed by atoms with Gasteiger partial charge >= 0.3 is 0 Å². The number of hydrogen-bond donors (Lipinski definition) is 0. The van der Waals surface area contributed by atoms with Gasteiger partial charge in [-0.3, -0.25) is 19.3 Å². The lowest BCUT2D eigenvalue weighted by molar-refractivity contribution is -0.129. The molecule has 1 atom stereocenters. The zero-order valence-corrected chi connectivity index (χ0v) is 15.7. The van der Waals surface area contributed by atoms with E-state index in [-0.39, 0.29) is 18.2 Å². The zero-order valence-electron chi connectivity index (χ0n) is 14.1. The van der Waals surface area contributed by atoms with Crippen molar-refractivity contribution in [1.82, 2.24) is 4.90 Å². The topological polar surface area (TPSA) is 57.7 Å². The predicted octanol–water partition coefficient (Wildman–Crippen LogP) is 3.22. The molecule has 2 aromatic rings. The van der Waals surface area contributed by atoms with Gasteiger partial charge in [0.25, 0.3) is 11.8 Å². The van der Waals surface area contributed by atoms with Gasteiger partial charge in [0.2, 0.25) is 5.91 Å². The molecule has 0 saturated carbocycles. The fourth-order valence-corrected chi connectivity index (χ4v) is 4.47. The first-order chi connectivity index (χ1) is 13.1. The molecule has 2 heterocycles. The van der Waals surface area contributed by atoms with Gasteiger partial charge in [-0.15, -0.1) is 0 Å². The van der Waals surface area contributed by atoms with E-state index in [9.17, 15) is 14.4 Å². The third-order valence-corrected chi connectivity index (χ3v) is 5.70. The summed E-state index contributed by atoms with van der Waals surface area (Å²) in [5.41, 5.74) is 1.37. The van der Waals surface area contributed by atoms with Crippen LogP contribution in [-0.2, 0) is 14.4 Å². The Balaban J connectivity index is 1.61. The van der Waals surface area contributed by atoms with Crippen molar-refractivity contribution < 1.29 is 14.4 Å². The summed E-state index contributed by atoms with van der Waals surface area (Å²) in [6.45, 7) is 0. The van der Waals surface area contributed by atoms with E-state index in [4.69, 9.17) is 12.2 Å². The van der Waals surface area contributed by atoms with Gasteiger partial charge in [-0.25, -0.2) is 4.90 Å². The highest BCUT2D eigenvalue weighted by Crippen LogP contribution is 2.37. The number of hydrogen-bond acceptors (Lipinski definition) is 5. The molecule has 2 saturated heterocycles. The maximum Gasteiger partial charge on any atom is 0.266 e. The average molecular weight is 394 g/mol. The zero-order chi connectivity index (χ0) is 19.0. The minimum atomic E-state index is -0.896. The van der Waals surface area contributed by atoms with Gasteiger partial charge < -0.3 is 0 Å². The second-order valence-corrected chi connectivity index (χ2v) is 7.76. The highest BCUT2D eigenvalue weighted by Gasteiger charge is 2.48. The van der Waals surface area contributed by atoms with E-state index in [1.165, 1.54) is 4.90 Å². The molecule has 0 bridgehead atoms. The first kappa shape index (κ1) is 17.6. The lowest BCUT2D eigenvalue weighted by Crippen LogP contribution is -2.44. The molecule has 27 heavy (non-hydrogen) atoms. The minimum Gasteiger partial charge on any atom is -0.280 e. The van der Waals surface area contributed by atoms with Crippen LogP contribution in [0.5, 0.6) is 0 Å². The van der Waals surface area contributed by atoms with Gasteiger partial charge in [0.1, 0.15) is 10.4 Å². The fraction of sp³-hybridized carbons (Fsp3) is 0.100.